The van der Waals surface area contributed by atoms with E-state index in [0.29, 0.717) is 25.7 Å². The minimum Gasteiger partial charge on any atom is -0.396 e. The van der Waals surface area contributed by atoms with Gasteiger partial charge < -0.3 is 10.5 Å². The van der Waals surface area contributed by atoms with E-state index in [-0.39, 0.29) is 6.54 Å². The summed E-state index contributed by atoms with van der Waals surface area (Å²) in [6, 6.07) is 1.22. The van der Waals surface area contributed by atoms with Gasteiger partial charge >= 0.3 is 0 Å². The third-order valence-electron chi connectivity index (χ3n) is 2.45. The van der Waals surface area contributed by atoms with Gasteiger partial charge in [-0.2, -0.15) is 0 Å². The third kappa shape index (κ3) is 4.69. The number of anilines is 1. The molecular weight excluding hydrogens is 290 g/mol. The smallest absolute Gasteiger partial charge is 0.243 e. The van der Waals surface area contributed by atoms with Crippen LogP contribution in [0.4, 0.5) is 14.5 Å². The van der Waals surface area contributed by atoms with Crippen molar-refractivity contribution >= 4 is 15.7 Å². The summed E-state index contributed by atoms with van der Waals surface area (Å²) >= 11 is 0. The van der Waals surface area contributed by atoms with Crippen molar-refractivity contribution < 1.29 is 21.9 Å². The lowest BCUT2D eigenvalue weighted by molar-refractivity contribution is 0.133. The van der Waals surface area contributed by atoms with Gasteiger partial charge in [0.25, 0.3) is 0 Å². The number of hydrogen-bond donors (Lipinski definition) is 2. The zero-order chi connectivity index (χ0) is 15.2. The van der Waals surface area contributed by atoms with Crippen LogP contribution in [-0.2, 0) is 14.8 Å². The Morgan fingerprint density at radius 3 is 2.60 bits per heavy atom. The van der Waals surface area contributed by atoms with Gasteiger partial charge in [-0.05, 0) is 18.9 Å². The first-order chi connectivity index (χ1) is 9.38. The maximum Gasteiger partial charge on any atom is 0.243 e. The average molecular weight is 308 g/mol. The highest BCUT2D eigenvalue weighted by atomic mass is 32.2. The predicted octanol–water partition coefficient (Wildman–Crippen LogP) is 1.64. The van der Waals surface area contributed by atoms with Crippen LogP contribution in [0.1, 0.15) is 19.8 Å². The first-order valence-electron chi connectivity index (χ1n) is 6.20. The summed E-state index contributed by atoms with van der Waals surface area (Å²) in [5.41, 5.74) is 4.82. The molecule has 0 aliphatic heterocycles. The molecule has 0 fully saturated rings. The van der Waals surface area contributed by atoms with E-state index in [9.17, 15) is 17.2 Å². The molecule has 0 atom stereocenters. The summed E-state index contributed by atoms with van der Waals surface area (Å²) in [4.78, 5) is -0.661. The highest BCUT2D eigenvalue weighted by molar-refractivity contribution is 7.89. The molecule has 0 bridgehead atoms. The lowest BCUT2D eigenvalue weighted by Crippen LogP contribution is -2.26. The van der Waals surface area contributed by atoms with Crippen molar-refractivity contribution in [1.82, 2.24) is 4.72 Å². The maximum absolute atomic E-state index is 13.5. The molecule has 3 N–H and O–H groups in total. The molecule has 114 valence electrons. The van der Waals surface area contributed by atoms with E-state index >= 15 is 0 Å². The number of ether oxygens (including phenoxy) is 1. The van der Waals surface area contributed by atoms with Crippen LogP contribution in [0.2, 0.25) is 0 Å². The van der Waals surface area contributed by atoms with Crippen molar-refractivity contribution in [2.75, 3.05) is 25.5 Å². The van der Waals surface area contributed by atoms with Gasteiger partial charge in [0, 0.05) is 25.8 Å². The predicted molar refractivity (Wildman–Crippen MR) is 71.7 cm³/mol. The highest BCUT2D eigenvalue weighted by Crippen LogP contribution is 2.20. The molecule has 1 rings (SSSR count). The molecule has 0 unspecified atom stereocenters. The molecule has 1 aromatic carbocycles. The number of benzene rings is 1. The zero-order valence-corrected chi connectivity index (χ0v) is 12.0. The van der Waals surface area contributed by atoms with Gasteiger partial charge in [0.1, 0.15) is 16.5 Å². The van der Waals surface area contributed by atoms with Crippen molar-refractivity contribution in [3.8, 4) is 0 Å². The number of nitrogen functional groups attached to an aromatic ring is 1. The van der Waals surface area contributed by atoms with Crippen LogP contribution in [0.15, 0.2) is 17.0 Å². The van der Waals surface area contributed by atoms with E-state index in [1.807, 2.05) is 6.92 Å². The Labute approximate surface area is 117 Å². The number of sulfonamides is 1. The number of rotatable bonds is 8. The summed E-state index contributed by atoms with van der Waals surface area (Å²) < 4.78 is 57.5. The Bertz CT molecular complexity index is 550. The third-order valence-corrected chi connectivity index (χ3v) is 3.92. The molecule has 5 nitrogen and oxygen atoms in total. The van der Waals surface area contributed by atoms with Crippen LogP contribution in [0.25, 0.3) is 0 Å². The molecule has 1 aromatic rings. The fraction of sp³-hybridized carbons (Fsp3) is 0.500. The van der Waals surface area contributed by atoms with Crippen LogP contribution in [0.5, 0.6) is 0 Å². The average Bonchev–Trinajstić information content (AvgIpc) is 2.37. The minimum absolute atomic E-state index is 0.1000. The molecule has 0 aromatic heterocycles. The fourth-order valence-corrected chi connectivity index (χ4v) is 2.62. The van der Waals surface area contributed by atoms with Crippen LogP contribution < -0.4 is 10.5 Å². The Morgan fingerprint density at radius 2 is 1.95 bits per heavy atom. The van der Waals surface area contributed by atoms with Crippen molar-refractivity contribution in [2.24, 2.45) is 0 Å². The van der Waals surface area contributed by atoms with Crippen LogP contribution in [0.3, 0.4) is 0 Å². The summed E-state index contributed by atoms with van der Waals surface area (Å²) in [5.74, 6) is -2.17. The fourth-order valence-electron chi connectivity index (χ4n) is 1.46. The van der Waals surface area contributed by atoms with Gasteiger partial charge in [0.05, 0.1) is 5.69 Å². The van der Waals surface area contributed by atoms with Crippen molar-refractivity contribution in [3.05, 3.63) is 23.8 Å². The summed E-state index contributed by atoms with van der Waals surface area (Å²) in [7, 11) is -4.05. The summed E-state index contributed by atoms with van der Waals surface area (Å²) in [5, 5.41) is 0. The molecule has 0 aliphatic rings. The number of nitrogens with one attached hydrogen (secondary N) is 1. The first kappa shape index (κ1) is 16.8. The van der Waals surface area contributed by atoms with E-state index in [4.69, 9.17) is 10.5 Å². The lowest BCUT2D eigenvalue weighted by Gasteiger charge is -2.09. The summed E-state index contributed by atoms with van der Waals surface area (Å²) in [6.45, 7) is 3.08. The van der Waals surface area contributed by atoms with Gasteiger partial charge in [-0.25, -0.2) is 21.9 Å². The standard InChI is InChI=1S/C12H18F2N2O3S/c1-2-5-19-6-3-4-16-20(17,18)12-8-11(15)9(13)7-10(12)14/h7-8,16H,2-6,15H2,1H3. The van der Waals surface area contributed by atoms with Gasteiger partial charge in [-0.3, -0.25) is 0 Å². The van der Waals surface area contributed by atoms with E-state index in [1.165, 1.54) is 0 Å². The number of halogens is 2. The molecule has 8 heteroatoms. The maximum atomic E-state index is 13.5. The normalized spacial score (nSPS) is 11.8. The molecule has 0 spiro atoms. The first-order valence-corrected chi connectivity index (χ1v) is 7.68. The van der Waals surface area contributed by atoms with Crippen molar-refractivity contribution in [2.45, 2.75) is 24.7 Å². The largest absolute Gasteiger partial charge is 0.396 e. The van der Waals surface area contributed by atoms with Gasteiger partial charge in [-0.15, -0.1) is 0 Å². The van der Waals surface area contributed by atoms with E-state index < -0.39 is 32.2 Å². The highest BCUT2D eigenvalue weighted by Gasteiger charge is 2.20. The zero-order valence-electron chi connectivity index (χ0n) is 11.2. The van der Waals surface area contributed by atoms with E-state index in [1.54, 1.807) is 0 Å². The van der Waals surface area contributed by atoms with E-state index in [2.05, 4.69) is 4.72 Å². The Hall–Kier alpha value is -1.25. The number of hydrogen-bond acceptors (Lipinski definition) is 4. The molecule has 20 heavy (non-hydrogen) atoms. The quantitative estimate of drug-likeness (QED) is 0.565. The van der Waals surface area contributed by atoms with Crippen LogP contribution in [-0.4, -0.2) is 28.2 Å². The Kier molecular flexibility index (Phi) is 6.31. The Balaban J connectivity index is 2.63. The minimum atomic E-state index is -4.05. The van der Waals surface area contributed by atoms with Gasteiger partial charge in [0.2, 0.25) is 10.0 Å². The van der Waals surface area contributed by atoms with E-state index in [0.717, 1.165) is 12.5 Å². The van der Waals surface area contributed by atoms with Crippen molar-refractivity contribution in [3.63, 3.8) is 0 Å². The molecule has 0 radical (unpaired) electrons. The van der Waals surface area contributed by atoms with Gasteiger partial charge in [0.15, 0.2) is 0 Å². The topological polar surface area (TPSA) is 81.4 Å². The second kappa shape index (κ2) is 7.51. The SMILES string of the molecule is CCCOCCCNS(=O)(=O)c1cc(N)c(F)cc1F. The van der Waals surface area contributed by atoms with Crippen LogP contribution in [0, 0.1) is 11.6 Å². The lowest BCUT2D eigenvalue weighted by atomic mass is 10.3. The second-order valence-corrected chi connectivity index (χ2v) is 5.90. The molecular formula is C12H18F2N2O3S. The second-order valence-electron chi connectivity index (χ2n) is 4.17. The molecule has 0 amide bonds. The molecule has 0 saturated heterocycles. The van der Waals surface area contributed by atoms with Crippen molar-refractivity contribution in [1.29, 1.82) is 0 Å². The van der Waals surface area contributed by atoms with Gasteiger partial charge in [-0.1, -0.05) is 6.92 Å². The monoisotopic (exact) mass is 308 g/mol. The Morgan fingerprint density at radius 1 is 1.25 bits per heavy atom. The summed E-state index contributed by atoms with van der Waals surface area (Å²) in [6.07, 6.45) is 1.34. The van der Waals surface area contributed by atoms with Crippen LogP contribution >= 0.6 is 0 Å². The molecule has 0 saturated carbocycles. The molecule has 0 heterocycles. The molecule has 0 aliphatic carbocycles. The number of nitrogens with two attached hydrogens (primary N) is 1.